The second kappa shape index (κ2) is 41.2. The normalized spacial score (nSPS) is 13.1. The zero-order valence-corrected chi connectivity index (χ0v) is 35.4. The molecule has 320 valence electrons. The van der Waals surface area contributed by atoms with Crippen molar-refractivity contribution in [2.24, 2.45) is 0 Å². The van der Waals surface area contributed by atoms with Crippen LogP contribution in [0.5, 0.6) is 0 Å². The number of hydrogen-bond donors (Lipinski definition) is 4. The van der Waals surface area contributed by atoms with Crippen LogP contribution in [0, 0.1) is 0 Å². The molecule has 2 unspecified atom stereocenters. The van der Waals surface area contributed by atoms with Crippen molar-refractivity contribution in [3.63, 3.8) is 0 Å². The number of amides is 2. The summed E-state index contributed by atoms with van der Waals surface area (Å²) in [6.45, 7) is 3.35. The fourth-order valence-corrected chi connectivity index (χ4v) is 6.13. The van der Waals surface area contributed by atoms with Gasteiger partial charge in [-0.1, -0.05) is 145 Å². The number of rotatable bonds is 39. The molecule has 0 aliphatic rings. The molecule has 2 atom stereocenters. The van der Waals surface area contributed by atoms with E-state index in [0.29, 0.717) is 19.3 Å². The van der Waals surface area contributed by atoms with Crippen molar-refractivity contribution in [1.29, 1.82) is 0 Å². The Kier molecular flexibility index (Phi) is 38.6. The molecule has 0 aromatic carbocycles. The number of carbonyl (C=O) groups is 4. The van der Waals surface area contributed by atoms with Gasteiger partial charge in [-0.25, -0.2) is 4.79 Å². The minimum Gasteiger partial charge on any atom is -0.480 e. The van der Waals surface area contributed by atoms with E-state index in [1.165, 1.54) is 57.8 Å². The van der Waals surface area contributed by atoms with Crippen LogP contribution in [0.2, 0.25) is 0 Å². The Bertz CT molecular complexity index is 1130. The molecule has 0 aromatic rings. The highest BCUT2D eigenvalue weighted by Gasteiger charge is 2.19. The lowest BCUT2D eigenvalue weighted by Crippen LogP contribution is -2.47. The number of nitrogens with one attached hydrogen (secondary N) is 2. The first-order valence-electron chi connectivity index (χ1n) is 22.2. The standard InChI is InChI=1S/C47H80N2O7/c1-3-5-7-9-11-13-15-17-18-20-21-23-25-28-32-36-42(56-46(53)39-35-31-26-24-22-19-16-14-12-10-8-6-4-2)37-33-29-27-30-34-38-44(51)48-40-45(52)49-43(41-50)47(54)55/h6,8,12,14,19-22,26,31,42-43,50H,3-5,7,9-11,13,15-18,23-25,27-30,32-41H2,1-2H3,(H,48,51)(H,49,52)(H,54,55)/b8-6-,14-12-,21-20-,22-19-,31-26-. The van der Waals surface area contributed by atoms with Gasteiger partial charge in [0.15, 0.2) is 0 Å². The van der Waals surface area contributed by atoms with Gasteiger partial charge in [-0.05, 0) is 89.9 Å². The lowest BCUT2D eigenvalue weighted by atomic mass is 10.0. The molecule has 0 fully saturated rings. The molecular formula is C47H80N2O7. The smallest absolute Gasteiger partial charge is 0.328 e. The van der Waals surface area contributed by atoms with Crippen molar-refractivity contribution in [2.75, 3.05) is 13.2 Å². The van der Waals surface area contributed by atoms with Crippen LogP contribution in [0.25, 0.3) is 0 Å². The SMILES string of the molecule is CC/C=C\C/C=C\C/C=C\C/C=C\CCC(=O)OC(CCCCC/C=C\CCCCCCCCCC)CCCCCCCC(=O)NCC(=O)NC(CO)C(=O)O. The number of unbranched alkanes of at least 4 members (excludes halogenated alkanes) is 15. The molecule has 0 saturated carbocycles. The molecule has 56 heavy (non-hydrogen) atoms. The lowest BCUT2D eigenvalue weighted by Gasteiger charge is -2.18. The molecule has 9 heteroatoms. The minimum atomic E-state index is -1.39. The molecule has 0 spiro atoms. The summed E-state index contributed by atoms with van der Waals surface area (Å²) in [7, 11) is 0. The maximum absolute atomic E-state index is 12.8. The van der Waals surface area contributed by atoms with Gasteiger partial charge in [0.2, 0.25) is 11.8 Å². The number of carbonyl (C=O) groups excluding carboxylic acids is 3. The number of ether oxygens (including phenoxy) is 1. The first-order valence-corrected chi connectivity index (χ1v) is 22.2. The van der Waals surface area contributed by atoms with Crippen molar-refractivity contribution in [3.8, 4) is 0 Å². The first-order chi connectivity index (χ1) is 27.3. The molecule has 0 aliphatic heterocycles. The Labute approximate surface area is 341 Å². The molecule has 0 heterocycles. The number of carboxylic acid groups (broad SMARTS) is 1. The van der Waals surface area contributed by atoms with Crippen LogP contribution in [0.15, 0.2) is 60.8 Å². The van der Waals surface area contributed by atoms with Crippen LogP contribution in [0.3, 0.4) is 0 Å². The number of aliphatic hydroxyl groups excluding tert-OH is 1. The van der Waals surface area contributed by atoms with Gasteiger partial charge in [0.05, 0.1) is 13.2 Å². The van der Waals surface area contributed by atoms with E-state index >= 15 is 0 Å². The monoisotopic (exact) mass is 785 g/mol. The van der Waals surface area contributed by atoms with Gasteiger partial charge in [-0.3, -0.25) is 14.4 Å². The maximum atomic E-state index is 12.8. The minimum absolute atomic E-state index is 0.0686. The molecule has 0 radical (unpaired) electrons. The molecule has 0 saturated heterocycles. The predicted molar refractivity (Wildman–Crippen MR) is 231 cm³/mol. The first kappa shape index (κ1) is 52.5. The molecule has 2 amide bonds. The molecule has 0 aliphatic carbocycles. The van der Waals surface area contributed by atoms with E-state index < -0.39 is 24.5 Å². The number of allylic oxidation sites excluding steroid dienone is 10. The van der Waals surface area contributed by atoms with E-state index in [2.05, 4.69) is 85.2 Å². The Balaban J connectivity index is 4.47. The van der Waals surface area contributed by atoms with Crippen molar-refractivity contribution >= 4 is 23.8 Å². The van der Waals surface area contributed by atoms with E-state index in [9.17, 15) is 19.2 Å². The Hall–Kier alpha value is -3.46. The van der Waals surface area contributed by atoms with Crippen molar-refractivity contribution in [2.45, 2.75) is 199 Å². The third-order valence-electron chi connectivity index (χ3n) is 9.51. The Morgan fingerprint density at radius 1 is 0.554 bits per heavy atom. The van der Waals surface area contributed by atoms with Crippen LogP contribution in [0.4, 0.5) is 0 Å². The highest BCUT2D eigenvalue weighted by Crippen LogP contribution is 2.18. The summed E-state index contributed by atoms with van der Waals surface area (Å²) in [5.41, 5.74) is 0. The van der Waals surface area contributed by atoms with Crippen molar-refractivity contribution < 1.29 is 34.1 Å². The third-order valence-corrected chi connectivity index (χ3v) is 9.51. The highest BCUT2D eigenvalue weighted by atomic mass is 16.5. The predicted octanol–water partition coefficient (Wildman–Crippen LogP) is 10.9. The average molecular weight is 785 g/mol. The van der Waals surface area contributed by atoms with Crippen LogP contribution in [0.1, 0.15) is 187 Å². The fourth-order valence-electron chi connectivity index (χ4n) is 6.13. The van der Waals surface area contributed by atoms with Gasteiger partial charge < -0.3 is 25.6 Å². The number of esters is 1. The largest absolute Gasteiger partial charge is 0.480 e. The molecule has 4 N–H and O–H groups in total. The summed E-state index contributed by atoms with van der Waals surface area (Å²) in [5, 5.41) is 22.6. The molecule has 0 bridgehead atoms. The van der Waals surface area contributed by atoms with E-state index in [0.717, 1.165) is 89.9 Å². The maximum Gasteiger partial charge on any atom is 0.328 e. The number of aliphatic carboxylic acids is 1. The van der Waals surface area contributed by atoms with Crippen LogP contribution in [-0.4, -0.2) is 59.3 Å². The topological polar surface area (TPSA) is 142 Å². The van der Waals surface area contributed by atoms with Gasteiger partial charge in [-0.2, -0.15) is 0 Å². The zero-order chi connectivity index (χ0) is 41.2. The molecule has 0 rings (SSSR count). The lowest BCUT2D eigenvalue weighted by molar-refractivity contribution is -0.149. The van der Waals surface area contributed by atoms with Gasteiger partial charge >= 0.3 is 11.9 Å². The third kappa shape index (κ3) is 37.5. The van der Waals surface area contributed by atoms with E-state index in [1.807, 2.05) is 0 Å². The summed E-state index contributed by atoms with van der Waals surface area (Å²) in [6, 6.07) is -1.39. The average Bonchev–Trinajstić information content (AvgIpc) is 3.18. The molecule has 9 nitrogen and oxygen atoms in total. The zero-order valence-electron chi connectivity index (χ0n) is 35.4. The van der Waals surface area contributed by atoms with E-state index in [4.69, 9.17) is 14.9 Å². The Morgan fingerprint density at radius 3 is 1.59 bits per heavy atom. The summed E-state index contributed by atoms with van der Waals surface area (Å²) >= 11 is 0. The summed E-state index contributed by atoms with van der Waals surface area (Å²) < 4.78 is 5.98. The van der Waals surface area contributed by atoms with Gasteiger partial charge in [0, 0.05) is 12.8 Å². The Morgan fingerprint density at radius 2 is 1.04 bits per heavy atom. The quantitative estimate of drug-likeness (QED) is 0.0276. The fraction of sp³-hybridized carbons (Fsp3) is 0.702. The number of carboxylic acids is 1. The summed E-state index contributed by atoms with van der Waals surface area (Å²) in [5.74, 6) is -2.40. The molecule has 0 aromatic heterocycles. The van der Waals surface area contributed by atoms with Crippen molar-refractivity contribution in [3.05, 3.63) is 60.8 Å². The van der Waals surface area contributed by atoms with Crippen LogP contribution >= 0.6 is 0 Å². The number of aliphatic hydroxyl groups is 1. The van der Waals surface area contributed by atoms with Gasteiger partial charge in [-0.15, -0.1) is 0 Å². The summed E-state index contributed by atoms with van der Waals surface area (Å²) in [6.07, 6.45) is 49.7. The van der Waals surface area contributed by atoms with Crippen LogP contribution in [-0.2, 0) is 23.9 Å². The molecular weight excluding hydrogens is 705 g/mol. The van der Waals surface area contributed by atoms with Crippen molar-refractivity contribution in [1.82, 2.24) is 10.6 Å². The number of hydrogen-bond acceptors (Lipinski definition) is 6. The van der Waals surface area contributed by atoms with E-state index in [-0.39, 0.29) is 30.9 Å². The van der Waals surface area contributed by atoms with Gasteiger partial charge in [0.25, 0.3) is 0 Å². The second-order valence-electron chi connectivity index (χ2n) is 14.7. The second-order valence-corrected chi connectivity index (χ2v) is 14.7. The van der Waals surface area contributed by atoms with E-state index in [1.54, 1.807) is 0 Å². The summed E-state index contributed by atoms with van der Waals surface area (Å²) in [4.78, 5) is 47.6. The highest BCUT2D eigenvalue weighted by molar-refractivity contribution is 5.87. The van der Waals surface area contributed by atoms with Crippen LogP contribution < -0.4 is 10.6 Å². The van der Waals surface area contributed by atoms with Gasteiger partial charge in [0.1, 0.15) is 12.1 Å².